The molecule has 3 rings (SSSR count). The van der Waals surface area contributed by atoms with Gasteiger partial charge in [-0.2, -0.15) is 0 Å². The Balaban J connectivity index is 1.98. The van der Waals surface area contributed by atoms with Crippen LogP contribution in [-0.4, -0.2) is 41.2 Å². The van der Waals surface area contributed by atoms with Crippen LogP contribution >= 0.6 is 0 Å². The lowest BCUT2D eigenvalue weighted by Crippen LogP contribution is -2.47. The average molecular weight is 343 g/mol. The Hall–Kier alpha value is -2.64. The molecule has 7 heteroatoms. The summed E-state index contributed by atoms with van der Waals surface area (Å²) < 4.78 is 5.51. The van der Waals surface area contributed by atoms with E-state index in [4.69, 9.17) is 15.9 Å². The highest BCUT2D eigenvalue weighted by atomic mass is 16.5. The normalized spacial score (nSPS) is 20.3. The minimum Gasteiger partial charge on any atom is -0.507 e. The molecule has 25 heavy (non-hydrogen) atoms. The van der Waals surface area contributed by atoms with Gasteiger partial charge in [-0.1, -0.05) is 6.07 Å². The third-order valence-electron chi connectivity index (χ3n) is 4.37. The summed E-state index contributed by atoms with van der Waals surface area (Å²) in [6, 6.07) is 8.62. The second-order valence-electron chi connectivity index (χ2n) is 6.05. The number of nitrogens with one attached hydrogen (secondary N) is 2. The Labute approximate surface area is 144 Å². The number of benzene rings is 2. The number of hydrogen-bond donors (Lipinski definition) is 5. The van der Waals surface area contributed by atoms with E-state index in [9.17, 15) is 15.0 Å². The SMILES string of the molecule is N=C(c1c(O)ccc2cc(OCCN)ccc12)C1CCC(=O)NC1O. The monoisotopic (exact) mass is 343 g/mol. The molecular weight excluding hydrogens is 322 g/mol. The van der Waals surface area contributed by atoms with Crippen LogP contribution in [0.4, 0.5) is 0 Å². The number of hydrogen-bond acceptors (Lipinski definition) is 6. The van der Waals surface area contributed by atoms with Gasteiger partial charge in [-0.3, -0.25) is 4.79 Å². The molecule has 1 heterocycles. The molecule has 1 aliphatic rings. The van der Waals surface area contributed by atoms with Crippen LogP contribution < -0.4 is 15.8 Å². The molecule has 0 radical (unpaired) electrons. The molecule has 1 fully saturated rings. The van der Waals surface area contributed by atoms with Crippen molar-refractivity contribution < 1.29 is 19.7 Å². The Morgan fingerprint density at radius 3 is 2.88 bits per heavy atom. The number of nitrogens with two attached hydrogens (primary N) is 1. The number of piperidine rings is 1. The van der Waals surface area contributed by atoms with Gasteiger partial charge in [-0.25, -0.2) is 0 Å². The highest BCUT2D eigenvalue weighted by molar-refractivity contribution is 6.13. The summed E-state index contributed by atoms with van der Waals surface area (Å²) >= 11 is 0. The zero-order valence-corrected chi connectivity index (χ0v) is 13.7. The number of phenolic OH excluding ortho intramolecular Hbond substituents is 1. The summed E-state index contributed by atoms with van der Waals surface area (Å²) in [6.07, 6.45) is -0.526. The van der Waals surface area contributed by atoms with Crippen molar-refractivity contribution in [3.8, 4) is 11.5 Å². The fourth-order valence-electron chi connectivity index (χ4n) is 3.12. The first kappa shape index (κ1) is 17.2. The third-order valence-corrected chi connectivity index (χ3v) is 4.37. The average Bonchev–Trinajstić information content (AvgIpc) is 2.59. The molecule has 0 bridgehead atoms. The van der Waals surface area contributed by atoms with Crippen molar-refractivity contribution >= 4 is 22.4 Å². The van der Waals surface area contributed by atoms with Crippen molar-refractivity contribution in [2.24, 2.45) is 11.7 Å². The summed E-state index contributed by atoms with van der Waals surface area (Å²) in [4.78, 5) is 11.4. The number of ether oxygens (including phenoxy) is 1. The van der Waals surface area contributed by atoms with Crippen LogP contribution in [0.1, 0.15) is 18.4 Å². The van der Waals surface area contributed by atoms with Crippen molar-refractivity contribution in [2.75, 3.05) is 13.2 Å². The van der Waals surface area contributed by atoms with Gasteiger partial charge >= 0.3 is 0 Å². The van der Waals surface area contributed by atoms with Crippen LogP contribution in [-0.2, 0) is 4.79 Å². The third kappa shape index (κ3) is 3.42. The van der Waals surface area contributed by atoms with Gasteiger partial charge in [-0.15, -0.1) is 0 Å². The van der Waals surface area contributed by atoms with Crippen molar-refractivity contribution in [2.45, 2.75) is 19.1 Å². The minimum atomic E-state index is -1.13. The molecule has 1 saturated heterocycles. The predicted molar refractivity (Wildman–Crippen MR) is 93.9 cm³/mol. The number of carbonyl (C=O) groups is 1. The highest BCUT2D eigenvalue weighted by Crippen LogP contribution is 2.33. The van der Waals surface area contributed by atoms with E-state index >= 15 is 0 Å². The maximum atomic E-state index is 11.4. The van der Waals surface area contributed by atoms with Gasteiger partial charge in [0.25, 0.3) is 0 Å². The Morgan fingerprint density at radius 1 is 1.36 bits per heavy atom. The lowest BCUT2D eigenvalue weighted by atomic mass is 9.86. The molecule has 2 unspecified atom stereocenters. The molecule has 0 aliphatic carbocycles. The quantitative estimate of drug-likeness (QED) is 0.519. The molecule has 1 aliphatic heterocycles. The van der Waals surface area contributed by atoms with Crippen LogP contribution in [0.5, 0.6) is 11.5 Å². The molecule has 0 aromatic heterocycles. The second kappa shape index (κ2) is 7.08. The molecule has 0 saturated carbocycles. The Morgan fingerprint density at radius 2 is 2.16 bits per heavy atom. The van der Waals surface area contributed by atoms with E-state index in [0.29, 0.717) is 36.3 Å². The maximum Gasteiger partial charge on any atom is 0.222 e. The predicted octanol–water partition coefficient (Wildman–Crippen LogP) is 1.10. The van der Waals surface area contributed by atoms with E-state index < -0.39 is 12.1 Å². The Kier molecular flexibility index (Phi) is 4.87. The van der Waals surface area contributed by atoms with Crippen LogP contribution in [0.25, 0.3) is 10.8 Å². The molecule has 2 atom stereocenters. The number of aromatic hydroxyl groups is 1. The first-order valence-corrected chi connectivity index (χ1v) is 8.16. The highest BCUT2D eigenvalue weighted by Gasteiger charge is 2.32. The van der Waals surface area contributed by atoms with Crippen molar-refractivity contribution in [3.05, 3.63) is 35.9 Å². The summed E-state index contributed by atoms with van der Waals surface area (Å²) in [5, 5.41) is 32.8. The molecular formula is C18H21N3O4. The van der Waals surface area contributed by atoms with Crippen molar-refractivity contribution in [1.29, 1.82) is 5.41 Å². The van der Waals surface area contributed by atoms with Gasteiger partial charge in [0.1, 0.15) is 24.3 Å². The van der Waals surface area contributed by atoms with E-state index in [1.165, 1.54) is 6.07 Å². The van der Waals surface area contributed by atoms with Gasteiger partial charge in [0.15, 0.2) is 0 Å². The molecule has 0 spiro atoms. The summed E-state index contributed by atoms with van der Waals surface area (Å²) in [5.41, 5.74) is 5.91. The molecule has 132 valence electrons. The molecule has 6 N–H and O–H groups in total. The van der Waals surface area contributed by atoms with Crippen LogP contribution in [0.2, 0.25) is 0 Å². The number of aliphatic hydroxyl groups excluding tert-OH is 1. The second-order valence-corrected chi connectivity index (χ2v) is 6.05. The van der Waals surface area contributed by atoms with Gasteiger partial charge in [0.05, 0.1) is 5.71 Å². The molecule has 2 aromatic carbocycles. The van der Waals surface area contributed by atoms with Gasteiger partial charge in [0, 0.05) is 24.4 Å². The van der Waals surface area contributed by atoms with Gasteiger partial charge in [-0.05, 0) is 41.5 Å². The molecule has 7 nitrogen and oxygen atoms in total. The number of fused-ring (bicyclic) bond motifs is 1. The first-order valence-electron chi connectivity index (χ1n) is 8.16. The fraction of sp³-hybridized carbons (Fsp3) is 0.333. The molecule has 2 aromatic rings. The minimum absolute atomic E-state index is 0.0303. The van der Waals surface area contributed by atoms with E-state index in [2.05, 4.69) is 5.32 Å². The summed E-state index contributed by atoms with van der Waals surface area (Å²) in [5.74, 6) is -0.175. The van der Waals surface area contributed by atoms with E-state index in [-0.39, 0.29) is 23.8 Å². The summed E-state index contributed by atoms with van der Waals surface area (Å²) in [6.45, 7) is 0.815. The van der Waals surface area contributed by atoms with Crippen LogP contribution in [0.15, 0.2) is 30.3 Å². The fourth-order valence-corrected chi connectivity index (χ4v) is 3.12. The topological polar surface area (TPSA) is 129 Å². The first-order chi connectivity index (χ1) is 12.0. The van der Waals surface area contributed by atoms with Crippen molar-refractivity contribution in [1.82, 2.24) is 5.32 Å². The molecule has 1 amide bonds. The van der Waals surface area contributed by atoms with E-state index in [0.717, 1.165) is 5.39 Å². The smallest absolute Gasteiger partial charge is 0.222 e. The largest absolute Gasteiger partial charge is 0.507 e. The zero-order valence-electron chi connectivity index (χ0n) is 13.7. The van der Waals surface area contributed by atoms with Crippen LogP contribution in [0.3, 0.4) is 0 Å². The number of phenols is 1. The Bertz CT molecular complexity index is 821. The number of carbonyl (C=O) groups excluding carboxylic acids is 1. The maximum absolute atomic E-state index is 11.4. The van der Waals surface area contributed by atoms with Crippen LogP contribution in [0, 0.1) is 11.3 Å². The zero-order chi connectivity index (χ0) is 18.0. The summed E-state index contributed by atoms with van der Waals surface area (Å²) in [7, 11) is 0. The number of amides is 1. The number of rotatable bonds is 5. The lowest BCUT2D eigenvalue weighted by molar-refractivity contribution is -0.127. The standard InChI is InChI=1S/C18H21N3O4/c19-7-8-25-11-2-3-12-10(9-11)1-5-14(22)16(12)17(20)13-4-6-15(23)21-18(13)24/h1-3,5,9,13,18,20,22,24H,4,6-8,19H2,(H,21,23). The van der Waals surface area contributed by atoms with Gasteiger partial charge in [0.2, 0.25) is 5.91 Å². The van der Waals surface area contributed by atoms with Gasteiger partial charge < -0.3 is 31.4 Å². The van der Waals surface area contributed by atoms with E-state index in [1.54, 1.807) is 18.2 Å². The van der Waals surface area contributed by atoms with Crippen molar-refractivity contribution in [3.63, 3.8) is 0 Å². The lowest BCUT2D eigenvalue weighted by Gasteiger charge is -2.29. The number of aliphatic hydroxyl groups is 1. The van der Waals surface area contributed by atoms with E-state index in [1.807, 2.05) is 6.07 Å².